The molecule has 0 bridgehead atoms. The molecule has 0 atom stereocenters. The van der Waals surface area contributed by atoms with Crippen molar-refractivity contribution in [2.75, 3.05) is 33.4 Å². The normalized spacial score (nSPS) is 12.7. The molecule has 2 rings (SSSR count). The minimum atomic E-state index is -0.223. The molecular formula is C14H17BrN2O4. The number of fused-ring (bicyclic) bond motifs is 1. The van der Waals surface area contributed by atoms with Crippen LogP contribution in [0.3, 0.4) is 0 Å². The molecule has 0 saturated carbocycles. The second kappa shape index (κ2) is 6.80. The molecule has 0 radical (unpaired) electrons. The van der Waals surface area contributed by atoms with Gasteiger partial charge in [0.1, 0.15) is 13.2 Å². The monoisotopic (exact) mass is 356 g/mol. The molecule has 0 unspecified atom stereocenters. The lowest BCUT2D eigenvalue weighted by Gasteiger charge is -2.23. The number of likely N-dealkylation sites (N-methyl/N-ethyl adjacent to an activating group) is 2. The summed E-state index contributed by atoms with van der Waals surface area (Å²) in [6, 6.07) is 3.33. The molecule has 1 heterocycles. The van der Waals surface area contributed by atoms with Crippen LogP contribution >= 0.6 is 15.9 Å². The molecule has 1 aliphatic rings. The van der Waals surface area contributed by atoms with Crippen molar-refractivity contribution in [2.45, 2.75) is 6.92 Å². The van der Waals surface area contributed by atoms with Crippen LogP contribution in [-0.2, 0) is 4.79 Å². The molecule has 0 fully saturated rings. The highest BCUT2D eigenvalue weighted by Gasteiger charge is 2.22. The van der Waals surface area contributed by atoms with Gasteiger partial charge >= 0.3 is 0 Å². The van der Waals surface area contributed by atoms with Crippen LogP contribution in [0.5, 0.6) is 11.5 Å². The average Bonchev–Trinajstić information content (AvgIpc) is 2.51. The number of ether oxygens (including phenoxy) is 2. The van der Waals surface area contributed by atoms with E-state index in [-0.39, 0.29) is 18.4 Å². The van der Waals surface area contributed by atoms with E-state index in [1.807, 2.05) is 6.92 Å². The summed E-state index contributed by atoms with van der Waals surface area (Å²) >= 11 is 3.38. The minimum Gasteiger partial charge on any atom is -0.486 e. The van der Waals surface area contributed by atoms with Gasteiger partial charge in [-0.25, -0.2) is 0 Å². The van der Waals surface area contributed by atoms with Gasteiger partial charge in [0.2, 0.25) is 5.91 Å². The van der Waals surface area contributed by atoms with Crippen molar-refractivity contribution in [3.8, 4) is 11.5 Å². The van der Waals surface area contributed by atoms with E-state index >= 15 is 0 Å². The maximum atomic E-state index is 12.5. The first kappa shape index (κ1) is 15.6. The Labute approximate surface area is 131 Å². The standard InChI is InChI=1S/C14H17BrN2O4/c1-3-17(8-12(18)16-2)14(19)9-6-10(15)13-11(7-9)20-4-5-21-13/h6-7H,3-5,8H2,1-2H3,(H,16,18). The van der Waals surface area contributed by atoms with Gasteiger partial charge in [0.05, 0.1) is 11.0 Å². The summed E-state index contributed by atoms with van der Waals surface area (Å²) in [4.78, 5) is 25.4. The summed E-state index contributed by atoms with van der Waals surface area (Å²) in [6.07, 6.45) is 0. The van der Waals surface area contributed by atoms with Crippen LogP contribution in [0.2, 0.25) is 0 Å². The number of halogens is 1. The fraction of sp³-hybridized carbons (Fsp3) is 0.429. The summed E-state index contributed by atoms with van der Waals surface area (Å²) < 4.78 is 11.7. The highest BCUT2D eigenvalue weighted by molar-refractivity contribution is 9.10. The van der Waals surface area contributed by atoms with E-state index in [0.29, 0.717) is 41.3 Å². The molecule has 1 aromatic rings. The summed E-state index contributed by atoms with van der Waals surface area (Å²) in [6.45, 7) is 3.23. The highest BCUT2D eigenvalue weighted by atomic mass is 79.9. The van der Waals surface area contributed by atoms with Crippen LogP contribution in [0.1, 0.15) is 17.3 Å². The van der Waals surface area contributed by atoms with Gasteiger partial charge in [-0.15, -0.1) is 0 Å². The predicted molar refractivity (Wildman–Crippen MR) is 80.8 cm³/mol. The number of amides is 2. The summed E-state index contributed by atoms with van der Waals surface area (Å²) in [7, 11) is 1.54. The third-order valence-electron chi connectivity index (χ3n) is 3.13. The maximum absolute atomic E-state index is 12.5. The lowest BCUT2D eigenvalue weighted by molar-refractivity contribution is -0.121. The Kier molecular flexibility index (Phi) is 5.06. The van der Waals surface area contributed by atoms with Crippen molar-refractivity contribution in [3.05, 3.63) is 22.2 Å². The maximum Gasteiger partial charge on any atom is 0.254 e. The van der Waals surface area contributed by atoms with Crippen LogP contribution in [0.25, 0.3) is 0 Å². The molecule has 21 heavy (non-hydrogen) atoms. The Morgan fingerprint density at radius 3 is 2.71 bits per heavy atom. The first-order chi connectivity index (χ1) is 10.1. The molecule has 0 spiro atoms. The number of nitrogens with zero attached hydrogens (tertiary/aromatic N) is 1. The van der Waals surface area contributed by atoms with E-state index in [1.165, 1.54) is 4.90 Å². The van der Waals surface area contributed by atoms with Gasteiger partial charge in [0, 0.05) is 19.2 Å². The smallest absolute Gasteiger partial charge is 0.254 e. The van der Waals surface area contributed by atoms with E-state index in [9.17, 15) is 9.59 Å². The molecule has 7 heteroatoms. The number of carbonyl (C=O) groups is 2. The number of hydrogen-bond donors (Lipinski definition) is 1. The van der Waals surface area contributed by atoms with E-state index < -0.39 is 0 Å². The van der Waals surface area contributed by atoms with Gasteiger partial charge in [0.25, 0.3) is 5.91 Å². The Morgan fingerprint density at radius 2 is 2.05 bits per heavy atom. The molecule has 6 nitrogen and oxygen atoms in total. The number of carbonyl (C=O) groups excluding carboxylic acids is 2. The quantitative estimate of drug-likeness (QED) is 0.885. The van der Waals surface area contributed by atoms with Crippen molar-refractivity contribution in [1.82, 2.24) is 10.2 Å². The number of benzene rings is 1. The van der Waals surface area contributed by atoms with E-state index in [0.717, 1.165) is 0 Å². The van der Waals surface area contributed by atoms with Crippen LogP contribution in [0.4, 0.5) is 0 Å². The topological polar surface area (TPSA) is 67.9 Å². The zero-order valence-electron chi connectivity index (χ0n) is 11.9. The Balaban J connectivity index is 2.26. The van der Waals surface area contributed by atoms with Gasteiger partial charge in [0.15, 0.2) is 11.5 Å². The Morgan fingerprint density at radius 1 is 1.33 bits per heavy atom. The molecule has 2 amide bonds. The molecular weight excluding hydrogens is 340 g/mol. The van der Waals surface area contributed by atoms with Gasteiger partial charge in [-0.05, 0) is 35.0 Å². The molecule has 1 N–H and O–H groups in total. The van der Waals surface area contributed by atoms with Crippen LogP contribution in [-0.4, -0.2) is 50.1 Å². The molecule has 1 aromatic carbocycles. The molecule has 0 saturated heterocycles. The van der Waals surface area contributed by atoms with E-state index in [4.69, 9.17) is 9.47 Å². The summed E-state index contributed by atoms with van der Waals surface area (Å²) in [5.41, 5.74) is 0.455. The summed E-state index contributed by atoms with van der Waals surface area (Å²) in [5.74, 6) is 0.711. The third kappa shape index (κ3) is 3.47. The number of hydrogen-bond acceptors (Lipinski definition) is 4. The second-order valence-corrected chi connectivity index (χ2v) is 5.33. The van der Waals surface area contributed by atoms with E-state index in [1.54, 1.807) is 19.2 Å². The van der Waals surface area contributed by atoms with Gasteiger partial charge in [-0.2, -0.15) is 0 Å². The van der Waals surface area contributed by atoms with Gasteiger partial charge in [-0.1, -0.05) is 0 Å². The first-order valence-electron chi connectivity index (χ1n) is 6.65. The van der Waals surface area contributed by atoms with Crippen molar-refractivity contribution in [2.24, 2.45) is 0 Å². The average molecular weight is 357 g/mol. The zero-order valence-corrected chi connectivity index (χ0v) is 13.5. The lowest BCUT2D eigenvalue weighted by Crippen LogP contribution is -2.39. The highest BCUT2D eigenvalue weighted by Crippen LogP contribution is 2.38. The van der Waals surface area contributed by atoms with Crippen molar-refractivity contribution >= 4 is 27.7 Å². The number of rotatable bonds is 4. The van der Waals surface area contributed by atoms with Crippen LogP contribution in [0, 0.1) is 0 Å². The molecule has 0 aromatic heterocycles. The fourth-order valence-electron chi connectivity index (χ4n) is 2.00. The summed E-state index contributed by atoms with van der Waals surface area (Å²) in [5, 5.41) is 2.51. The SMILES string of the molecule is CCN(CC(=O)NC)C(=O)c1cc(Br)c2c(c1)OCCO2. The van der Waals surface area contributed by atoms with Crippen molar-refractivity contribution < 1.29 is 19.1 Å². The largest absolute Gasteiger partial charge is 0.486 e. The van der Waals surface area contributed by atoms with E-state index in [2.05, 4.69) is 21.2 Å². The van der Waals surface area contributed by atoms with Gasteiger partial charge < -0.3 is 19.7 Å². The third-order valence-corrected chi connectivity index (χ3v) is 3.72. The fourth-order valence-corrected chi connectivity index (χ4v) is 2.55. The lowest BCUT2D eigenvalue weighted by atomic mass is 10.1. The molecule has 1 aliphatic heterocycles. The minimum absolute atomic E-state index is 0.0257. The van der Waals surface area contributed by atoms with Crippen molar-refractivity contribution in [3.63, 3.8) is 0 Å². The predicted octanol–water partition coefficient (Wildman–Crippen LogP) is 1.43. The Bertz CT molecular complexity index is 562. The first-order valence-corrected chi connectivity index (χ1v) is 7.45. The van der Waals surface area contributed by atoms with Crippen LogP contribution in [0.15, 0.2) is 16.6 Å². The second-order valence-electron chi connectivity index (χ2n) is 4.47. The van der Waals surface area contributed by atoms with Crippen molar-refractivity contribution in [1.29, 1.82) is 0 Å². The van der Waals surface area contributed by atoms with Gasteiger partial charge in [-0.3, -0.25) is 9.59 Å². The number of nitrogens with one attached hydrogen (secondary N) is 1. The zero-order chi connectivity index (χ0) is 15.4. The molecule has 114 valence electrons. The molecule has 0 aliphatic carbocycles. The Hall–Kier alpha value is -1.76. The van der Waals surface area contributed by atoms with Crippen LogP contribution < -0.4 is 14.8 Å².